The second kappa shape index (κ2) is 9.52. The van der Waals surface area contributed by atoms with E-state index in [2.05, 4.69) is 34.2 Å². The van der Waals surface area contributed by atoms with Gasteiger partial charge in [0.2, 0.25) is 0 Å². The molecule has 1 aliphatic rings. The van der Waals surface area contributed by atoms with E-state index in [9.17, 15) is 0 Å². The topological polar surface area (TPSA) is 31.3 Å². The number of hydrogen-bond donors (Lipinski definition) is 0. The molecule has 1 heterocycles. The molecule has 0 saturated carbocycles. The molecule has 0 N–H and O–H groups in total. The van der Waals surface area contributed by atoms with E-state index < -0.39 is 0 Å². The molecule has 5 heteroatoms. The zero-order valence-corrected chi connectivity index (χ0v) is 15.7. The van der Waals surface area contributed by atoms with Crippen molar-refractivity contribution < 1.29 is 4.74 Å². The van der Waals surface area contributed by atoms with Gasteiger partial charge in [-0.05, 0) is 50.0 Å². The van der Waals surface area contributed by atoms with Crippen molar-refractivity contribution in [3.63, 3.8) is 0 Å². The molecule has 134 valence electrons. The number of guanidine groups is 1. The molecule has 0 atom stereocenters. The first-order valence-corrected chi connectivity index (χ1v) is 8.89. The summed E-state index contributed by atoms with van der Waals surface area (Å²) in [7, 11) is 8.08. The molecule has 0 unspecified atom stereocenters. The van der Waals surface area contributed by atoms with Crippen molar-refractivity contribution in [2.45, 2.75) is 19.3 Å². The molecule has 1 aromatic rings. The van der Waals surface area contributed by atoms with Crippen LogP contribution in [0.4, 0.5) is 0 Å². The van der Waals surface area contributed by atoms with Gasteiger partial charge in [0.05, 0.1) is 0 Å². The number of rotatable bonds is 7. The number of likely N-dealkylation sites (tertiary alicyclic amines) is 1. The summed E-state index contributed by atoms with van der Waals surface area (Å²) in [5.74, 6) is 1.96. The van der Waals surface area contributed by atoms with E-state index in [1.807, 2.05) is 38.0 Å². The van der Waals surface area contributed by atoms with Crippen molar-refractivity contribution in [3.05, 3.63) is 29.8 Å². The monoisotopic (exact) mass is 332 g/mol. The summed E-state index contributed by atoms with van der Waals surface area (Å²) in [6.45, 7) is 5.06. The van der Waals surface area contributed by atoms with Crippen LogP contribution in [0.5, 0.6) is 5.75 Å². The Kier molecular flexibility index (Phi) is 7.37. The molecule has 1 aliphatic heterocycles. The van der Waals surface area contributed by atoms with Gasteiger partial charge in [-0.25, -0.2) is 0 Å². The third kappa shape index (κ3) is 6.04. The van der Waals surface area contributed by atoms with Gasteiger partial charge < -0.3 is 14.5 Å². The minimum atomic E-state index is 0.776. The summed E-state index contributed by atoms with van der Waals surface area (Å²) in [6.07, 6.45) is 3.61. The summed E-state index contributed by atoms with van der Waals surface area (Å²) in [5.41, 5.74) is 1.29. The van der Waals surface area contributed by atoms with E-state index in [-0.39, 0.29) is 0 Å². The Morgan fingerprint density at radius 3 is 2.25 bits per heavy atom. The zero-order chi connectivity index (χ0) is 17.4. The molecule has 24 heavy (non-hydrogen) atoms. The summed E-state index contributed by atoms with van der Waals surface area (Å²) in [4.78, 5) is 11.2. The van der Waals surface area contributed by atoms with Crippen LogP contribution in [-0.2, 0) is 6.42 Å². The molecule has 0 radical (unpaired) electrons. The predicted molar refractivity (Wildman–Crippen MR) is 101 cm³/mol. The Hall–Kier alpha value is -1.75. The second-order valence-corrected chi connectivity index (χ2v) is 6.76. The highest BCUT2D eigenvalue weighted by atomic mass is 16.5. The van der Waals surface area contributed by atoms with E-state index >= 15 is 0 Å². The standard InChI is InChI=1S/C19H32N4O/c1-21(2)19(22(3)4)20-12-11-17-7-9-18(10-8-17)24-16-15-23-13-5-6-14-23/h7-10H,5-6,11-16H2,1-4H3. The molecule has 2 rings (SSSR count). The molecule has 0 aliphatic carbocycles. The predicted octanol–water partition coefficient (Wildman–Crippen LogP) is 2.18. The maximum absolute atomic E-state index is 5.85. The van der Waals surface area contributed by atoms with Crippen LogP contribution in [0.2, 0.25) is 0 Å². The lowest BCUT2D eigenvalue weighted by atomic mass is 10.1. The molecule has 0 spiro atoms. The highest BCUT2D eigenvalue weighted by molar-refractivity contribution is 5.79. The molecule has 5 nitrogen and oxygen atoms in total. The summed E-state index contributed by atoms with van der Waals surface area (Å²) in [6, 6.07) is 8.43. The van der Waals surface area contributed by atoms with Gasteiger partial charge in [0, 0.05) is 41.3 Å². The molecule has 0 bridgehead atoms. The number of nitrogens with zero attached hydrogens (tertiary/aromatic N) is 4. The van der Waals surface area contributed by atoms with Crippen molar-refractivity contribution in [2.75, 3.05) is 61.0 Å². The van der Waals surface area contributed by atoms with Gasteiger partial charge in [-0.2, -0.15) is 0 Å². The van der Waals surface area contributed by atoms with Crippen LogP contribution in [0.3, 0.4) is 0 Å². The van der Waals surface area contributed by atoms with Gasteiger partial charge in [-0.15, -0.1) is 0 Å². The SMILES string of the molecule is CN(C)C(=NCCc1ccc(OCCN2CCCC2)cc1)N(C)C. The molecule has 1 aromatic carbocycles. The van der Waals surface area contributed by atoms with Crippen LogP contribution < -0.4 is 4.74 Å². The van der Waals surface area contributed by atoms with Crippen molar-refractivity contribution in [1.29, 1.82) is 0 Å². The van der Waals surface area contributed by atoms with Gasteiger partial charge in [0.25, 0.3) is 0 Å². The first-order valence-electron chi connectivity index (χ1n) is 8.89. The fourth-order valence-electron chi connectivity index (χ4n) is 3.02. The van der Waals surface area contributed by atoms with Crippen molar-refractivity contribution in [3.8, 4) is 5.75 Å². The molecular formula is C19H32N4O. The molecule has 0 amide bonds. The van der Waals surface area contributed by atoms with Crippen molar-refractivity contribution in [2.24, 2.45) is 4.99 Å². The van der Waals surface area contributed by atoms with Gasteiger partial charge in [0.15, 0.2) is 5.96 Å². The molecule has 0 aromatic heterocycles. The average Bonchev–Trinajstić information content (AvgIpc) is 3.05. The van der Waals surface area contributed by atoms with E-state index in [0.29, 0.717) is 0 Å². The zero-order valence-electron chi connectivity index (χ0n) is 15.7. The Balaban J connectivity index is 1.74. The number of ether oxygens (including phenoxy) is 1. The Morgan fingerprint density at radius 1 is 1.04 bits per heavy atom. The van der Waals surface area contributed by atoms with Crippen molar-refractivity contribution >= 4 is 5.96 Å². The number of benzene rings is 1. The quantitative estimate of drug-likeness (QED) is 0.566. The van der Waals surface area contributed by atoms with Gasteiger partial charge in [-0.1, -0.05) is 12.1 Å². The summed E-state index contributed by atoms with van der Waals surface area (Å²) in [5, 5.41) is 0. The third-order valence-corrected chi connectivity index (χ3v) is 4.25. The summed E-state index contributed by atoms with van der Waals surface area (Å²) >= 11 is 0. The Bertz CT molecular complexity index is 495. The van der Waals surface area contributed by atoms with E-state index in [1.165, 1.54) is 31.5 Å². The van der Waals surface area contributed by atoms with Gasteiger partial charge in [-0.3, -0.25) is 9.89 Å². The first-order chi connectivity index (χ1) is 11.6. The van der Waals surface area contributed by atoms with Crippen LogP contribution in [0.15, 0.2) is 29.3 Å². The van der Waals surface area contributed by atoms with Crippen molar-refractivity contribution in [1.82, 2.24) is 14.7 Å². The summed E-state index contributed by atoms with van der Waals surface area (Å²) < 4.78 is 5.85. The van der Waals surface area contributed by atoms with Crippen LogP contribution in [0, 0.1) is 0 Å². The fraction of sp³-hybridized carbons (Fsp3) is 0.632. The minimum Gasteiger partial charge on any atom is -0.492 e. The highest BCUT2D eigenvalue weighted by Crippen LogP contribution is 2.13. The normalized spacial score (nSPS) is 14.5. The molecular weight excluding hydrogens is 300 g/mol. The molecule has 1 saturated heterocycles. The van der Waals surface area contributed by atoms with Crippen LogP contribution in [0.1, 0.15) is 18.4 Å². The number of aliphatic imine (C=N–C) groups is 1. The van der Waals surface area contributed by atoms with E-state index in [1.54, 1.807) is 0 Å². The largest absolute Gasteiger partial charge is 0.492 e. The van der Waals surface area contributed by atoms with E-state index in [0.717, 1.165) is 37.8 Å². The fourth-order valence-corrected chi connectivity index (χ4v) is 3.02. The van der Waals surface area contributed by atoms with Crippen LogP contribution >= 0.6 is 0 Å². The lowest BCUT2D eigenvalue weighted by Gasteiger charge is -2.22. The maximum Gasteiger partial charge on any atom is 0.195 e. The van der Waals surface area contributed by atoms with Gasteiger partial charge >= 0.3 is 0 Å². The second-order valence-electron chi connectivity index (χ2n) is 6.76. The number of hydrogen-bond acceptors (Lipinski definition) is 3. The van der Waals surface area contributed by atoms with Gasteiger partial charge in [0.1, 0.15) is 12.4 Å². The lowest BCUT2D eigenvalue weighted by Crippen LogP contribution is -2.35. The third-order valence-electron chi connectivity index (χ3n) is 4.25. The average molecular weight is 332 g/mol. The Morgan fingerprint density at radius 2 is 1.67 bits per heavy atom. The van der Waals surface area contributed by atoms with Crippen LogP contribution in [-0.4, -0.2) is 81.6 Å². The smallest absolute Gasteiger partial charge is 0.195 e. The Labute approximate surface area is 146 Å². The van der Waals surface area contributed by atoms with E-state index in [4.69, 9.17) is 4.74 Å². The maximum atomic E-state index is 5.85. The minimum absolute atomic E-state index is 0.776. The first kappa shape index (κ1) is 18.6. The molecule has 1 fully saturated rings. The van der Waals surface area contributed by atoms with Crippen LogP contribution in [0.25, 0.3) is 0 Å². The lowest BCUT2D eigenvalue weighted by molar-refractivity contribution is 0.238. The highest BCUT2D eigenvalue weighted by Gasteiger charge is 2.10.